The van der Waals surface area contributed by atoms with E-state index >= 15 is 0 Å². The summed E-state index contributed by atoms with van der Waals surface area (Å²) >= 11 is 1.29. The Balaban J connectivity index is 1.86. The summed E-state index contributed by atoms with van der Waals surface area (Å²) in [6.45, 7) is 0. The van der Waals surface area contributed by atoms with Crippen molar-refractivity contribution in [3.05, 3.63) is 41.2 Å². The number of aromatic nitrogens is 2. The summed E-state index contributed by atoms with van der Waals surface area (Å²) in [5, 5.41) is 10.8. The molecule has 0 saturated heterocycles. The van der Waals surface area contributed by atoms with Gasteiger partial charge in [-0.05, 0) is 30.5 Å². The lowest BCUT2D eigenvalue weighted by molar-refractivity contribution is -0.124. The van der Waals surface area contributed by atoms with E-state index < -0.39 is 5.41 Å². The molecule has 1 aromatic carbocycles. The zero-order valence-corrected chi connectivity index (χ0v) is 10.9. The van der Waals surface area contributed by atoms with Crippen molar-refractivity contribution in [2.24, 2.45) is 0 Å². The van der Waals surface area contributed by atoms with E-state index in [0.29, 0.717) is 5.13 Å². The molecule has 1 amide bonds. The van der Waals surface area contributed by atoms with Gasteiger partial charge in [-0.2, -0.15) is 0 Å². The summed E-state index contributed by atoms with van der Waals surface area (Å²) < 4.78 is 13.0. The number of hydrogen-bond donors (Lipinski definition) is 1. The van der Waals surface area contributed by atoms with Crippen LogP contribution in [0.2, 0.25) is 0 Å². The summed E-state index contributed by atoms with van der Waals surface area (Å²) in [6, 6.07) is 6.17. The molecule has 0 unspecified atom stereocenters. The Hall–Kier alpha value is -1.82. The van der Waals surface area contributed by atoms with Crippen LogP contribution in [-0.2, 0) is 10.2 Å². The van der Waals surface area contributed by atoms with Crippen LogP contribution in [0.5, 0.6) is 0 Å². The maximum atomic E-state index is 13.0. The molecule has 3 rings (SSSR count). The second-order valence-electron chi connectivity index (χ2n) is 4.64. The average molecular weight is 277 g/mol. The van der Waals surface area contributed by atoms with Crippen molar-refractivity contribution in [2.45, 2.75) is 24.7 Å². The summed E-state index contributed by atoms with van der Waals surface area (Å²) in [5.74, 6) is -0.370. The zero-order valence-electron chi connectivity index (χ0n) is 10.1. The number of benzene rings is 1. The monoisotopic (exact) mass is 277 g/mol. The first-order valence-electron chi connectivity index (χ1n) is 6.04. The van der Waals surface area contributed by atoms with Crippen LogP contribution in [0, 0.1) is 5.82 Å². The van der Waals surface area contributed by atoms with Gasteiger partial charge in [-0.1, -0.05) is 29.9 Å². The normalized spacial score (nSPS) is 16.7. The van der Waals surface area contributed by atoms with E-state index in [1.54, 1.807) is 17.6 Å². The summed E-state index contributed by atoms with van der Waals surface area (Å²) in [7, 11) is 0. The third-order valence-corrected chi connectivity index (χ3v) is 4.23. The Morgan fingerprint density at radius 1 is 1.32 bits per heavy atom. The number of carbonyl (C=O) groups is 1. The smallest absolute Gasteiger partial charge is 0.236 e. The van der Waals surface area contributed by atoms with Crippen molar-refractivity contribution < 1.29 is 9.18 Å². The van der Waals surface area contributed by atoms with Gasteiger partial charge in [0.15, 0.2) is 0 Å². The number of anilines is 1. The maximum Gasteiger partial charge on any atom is 0.236 e. The van der Waals surface area contributed by atoms with Crippen molar-refractivity contribution in [3.8, 4) is 0 Å². The highest BCUT2D eigenvalue weighted by atomic mass is 32.1. The van der Waals surface area contributed by atoms with E-state index in [2.05, 4.69) is 15.5 Å². The highest BCUT2D eigenvalue weighted by Crippen LogP contribution is 2.44. The average Bonchev–Trinajstić information content (AvgIpc) is 2.83. The Morgan fingerprint density at radius 3 is 2.58 bits per heavy atom. The van der Waals surface area contributed by atoms with Crippen molar-refractivity contribution in [3.63, 3.8) is 0 Å². The number of amides is 1. The summed E-state index contributed by atoms with van der Waals surface area (Å²) in [6.07, 6.45) is 2.56. The molecule has 2 aromatic rings. The standard InChI is InChI=1S/C13H12FN3OS/c14-10-4-2-9(3-5-10)13(6-1-7-13)11(18)16-12-17-15-8-19-12/h2-5,8H,1,6-7H2,(H,16,17,18). The Morgan fingerprint density at radius 2 is 2.05 bits per heavy atom. The molecule has 1 N–H and O–H groups in total. The van der Waals surface area contributed by atoms with Crippen LogP contribution < -0.4 is 5.32 Å². The minimum absolute atomic E-state index is 0.0814. The number of carbonyl (C=O) groups excluding carboxylic acids is 1. The number of nitrogens with one attached hydrogen (secondary N) is 1. The largest absolute Gasteiger partial charge is 0.300 e. The molecule has 6 heteroatoms. The second-order valence-corrected chi connectivity index (χ2v) is 5.47. The molecular weight excluding hydrogens is 265 g/mol. The second kappa shape index (κ2) is 4.70. The van der Waals surface area contributed by atoms with Gasteiger partial charge in [0, 0.05) is 0 Å². The van der Waals surface area contributed by atoms with E-state index in [0.717, 1.165) is 24.8 Å². The van der Waals surface area contributed by atoms with Gasteiger partial charge in [0.1, 0.15) is 11.3 Å². The van der Waals surface area contributed by atoms with Gasteiger partial charge in [0.2, 0.25) is 11.0 Å². The topological polar surface area (TPSA) is 54.9 Å². The first-order valence-corrected chi connectivity index (χ1v) is 6.92. The minimum atomic E-state index is -0.542. The summed E-state index contributed by atoms with van der Waals surface area (Å²) in [5.41, 5.74) is 1.89. The quantitative estimate of drug-likeness (QED) is 0.938. The van der Waals surface area contributed by atoms with Crippen LogP contribution >= 0.6 is 11.3 Å². The Bertz CT molecular complexity index is 578. The van der Waals surface area contributed by atoms with E-state index in [4.69, 9.17) is 0 Å². The molecule has 0 bridgehead atoms. The molecule has 0 aliphatic heterocycles. The molecule has 1 fully saturated rings. The highest BCUT2D eigenvalue weighted by Gasteiger charge is 2.45. The van der Waals surface area contributed by atoms with Crippen LogP contribution in [-0.4, -0.2) is 16.1 Å². The van der Waals surface area contributed by atoms with E-state index in [1.807, 2.05) is 0 Å². The molecule has 1 aromatic heterocycles. The van der Waals surface area contributed by atoms with Crippen LogP contribution in [0.1, 0.15) is 24.8 Å². The van der Waals surface area contributed by atoms with Gasteiger partial charge in [-0.25, -0.2) is 4.39 Å². The van der Waals surface area contributed by atoms with E-state index in [1.165, 1.54) is 23.5 Å². The molecule has 98 valence electrons. The fourth-order valence-electron chi connectivity index (χ4n) is 2.39. The predicted octanol–water partition coefficient (Wildman–Crippen LogP) is 2.74. The Kier molecular flexibility index (Phi) is 3.02. The molecule has 0 atom stereocenters. The number of halogens is 1. The Labute approximate surface area is 113 Å². The van der Waals surface area contributed by atoms with Gasteiger partial charge in [-0.3, -0.25) is 10.1 Å². The lowest BCUT2D eigenvalue weighted by Gasteiger charge is -2.40. The predicted molar refractivity (Wildman–Crippen MR) is 70.5 cm³/mol. The first kappa shape index (κ1) is 12.2. The number of rotatable bonds is 3. The summed E-state index contributed by atoms with van der Waals surface area (Å²) in [4.78, 5) is 12.4. The van der Waals surface area contributed by atoms with Gasteiger partial charge in [-0.15, -0.1) is 10.2 Å². The van der Waals surface area contributed by atoms with Crippen molar-refractivity contribution >= 4 is 22.4 Å². The molecule has 0 spiro atoms. The van der Waals surface area contributed by atoms with E-state index in [-0.39, 0.29) is 11.7 Å². The lowest BCUT2D eigenvalue weighted by atomic mass is 9.64. The van der Waals surface area contributed by atoms with Crippen molar-refractivity contribution in [2.75, 3.05) is 5.32 Å². The SMILES string of the molecule is O=C(Nc1nncs1)C1(c2ccc(F)cc2)CCC1. The van der Waals surface area contributed by atoms with Crippen LogP contribution in [0.4, 0.5) is 9.52 Å². The van der Waals surface area contributed by atoms with Crippen LogP contribution in [0.15, 0.2) is 29.8 Å². The maximum absolute atomic E-state index is 13.0. The molecule has 4 nitrogen and oxygen atoms in total. The van der Waals surface area contributed by atoms with E-state index in [9.17, 15) is 9.18 Å². The van der Waals surface area contributed by atoms with Crippen LogP contribution in [0.25, 0.3) is 0 Å². The van der Waals surface area contributed by atoms with Gasteiger partial charge >= 0.3 is 0 Å². The van der Waals surface area contributed by atoms with Gasteiger partial charge in [0.05, 0.1) is 5.41 Å². The molecule has 0 radical (unpaired) electrons. The van der Waals surface area contributed by atoms with Crippen molar-refractivity contribution in [1.29, 1.82) is 0 Å². The fourth-order valence-corrected chi connectivity index (χ4v) is 2.83. The first-order chi connectivity index (χ1) is 9.21. The third kappa shape index (κ3) is 2.12. The molecule has 1 saturated carbocycles. The molecule has 19 heavy (non-hydrogen) atoms. The number of nitrogens with zero attached hydrogens (tertiary/aromatic N) is 2. The number of hydrogen-bond acceptors (Lipinski definition) is 4. The molecule has 1 heterocycles. The minimum Gasteiger partial charge on any atom is -0.300 e. The third-order valence-electron chi connectivity index (χ3n) is 3.62. The van der Waals surface area contributed by atoms with Gasteiger partial charge in [0.25, 0.3) is 0 Å². The van der Waals surface area contributed by atoms with Gasteiger partial charge < -0.3 is 0 Å². The molecule has 1 aliphatic rings. The molecular formula is C13H12FN3OS. The zero-order chi connectivity index (χ0) is 13.3. The lowest BCUT2D eigenvalue weighted by Crippen LogP contribution is -2.46. The highest BCUT2D eigenvalue weighted by molar-refractivity contribution is 7.13. The van der Waals surface area contributed by atoms with Crippen LogP contribution in [0.3, 0.4) is 0 Å². The van der Waals surface area contributed by atoms with Crippen molar-refractivity contribution in [1.82, 2.24) is 10.2 Å². The fraction of sp³-hybridized carbons (Fsp3) is 0.308. The molecule has 1 aliphatic carbocycles.